The molecule has 0 bridgehead atoms. The van der Waals surface area contributed by atoms with Crippen molar-refractivity contribution in [3.05, 3.63) is 59.9 Å². The molecular formula is C16H19NO2. The molecule has 0 fully saturated rings. The minimum Gasteiger partial charge on any atom is -0.493 e. The van der Waals surface area contributed by atoms with Crippen LogP contribution in [0.25, 0.3) is 0 Å². The van der Waals surface area contributed by atoms with Crippen molar-refractivity contribution < 1.29 is 9.84 Å². The van der Waals surface area contributed by atoms with E-state index >= 15 is 0 Å². The Morgan fingerprint density at radius 3 is 2.58 bits per heavy atom. The second-order valence-corrected chi connectivity index (χ2v) is 4.66. The maximum absolute atomic E-state index is 9.31. The summed E-state index contributed by atoms with van der Waals surface area (Å²) in [5, 5.41) is 9.31. The summed E-state index contributed by atoms with van der Waals surface area (Å²) in [6.45, 7) is 2.43. The minimum atomic E-state index is -0.308. The Kier molecular flexibility index (Phi) is 4.93. The lowest BCUT2D eigenvalue weighted by Gasteiger charge is -2.08. The van der Waals surface area contributed by atoms with Gasteiger partial charge in [0.1, 0.15) is 5.75 Å². The van der Waals surface area contributed by atoms with Gasteiger partial charge in [-0.25, -0.2) is 0 Å². The first-order valence-corrected chi connectivity index (χ1v) is 6.53. The third-order valence-electron chi connectivity index (χ3n) is 2.84. The van der Waals surface area contributed by atoms with Gasteiger partial charge in [0.25, 0.3) is 0 Å². The number of aromatic nitrogens is 1. The van der Waals surface area contributed by atoms with Gasteiger partial charge in [0.05, 0.1) is 12.7 Å². The molecular weight excluding hydrogens is 238 g/mol. The van der Waals surface area contributed by atoms with E-state index in [1.165, 1.54) is 5.56 Å². The summed E-state index contributed by atoms with van der Waals surface area (Å²) < 4.78 is 5.68. The summed E-state index contributed by atoms with van der Waals surface area (Å²) >= 11 is 0. The van der Waals surface area contributed by atoms with Gasteiger partial charge in [-0.2, -0.15) is 0 Å². The number of benzene rings is 1. The van der Waals surface area contributed by atoms with Crippen molar-refractivity contribution in [3.8, 4) is 5.75 Å². The average molecular weight is 257 g/mol. The average Bonchev–Trinajstić information content (AvgIpc) is 2.41. The summed E-state index contributed by atoms with van der Waals surface area (Å²) in [4.78, 5) is 4.07. The second kappa shape index (κ2) is 6.90. The molecule has 0 aliphatic heterocycles. The molecule has 1 unspecified atom stereocenters. The van der Waals surface area contributed by atoms with Crippen LogP contribution >= 0.6 is 0 Å². The second-order valence-electron chi connectivity index (χ2n) is 4.66. The van der Waals surface area contributed by atoms with E-state index in [9.17, 15) is 5.11 Å². The van der Waals surface area contributed by atoms with Crippen molar-refractivity contribution in [2.24, 2.45) is 0 Å². The van der Waals surface area contributed by atoms with Gasteiger partial charge in [0.2, 0.25) is 0 Å². The highest BCUT2D eigenvalue weighted by Gasteiger charge is 2.00. The molecule has 0 saturated carbocycles. The molecule has 1 N–H and O–H groups in total. The number of pyridine rings is 1. The third kappa shape index (κ3) is 4.72. The first-order valence-electron chi connectivity index (χ1n) is 6.53. The van der Waals surface area contributed by atoms with Crippen LogP contribution in [0.4, 0.5) is 0 Å². The zero-order valence-corrected chi connectivity index (χ0v) is 11.1. The Labute approximate surface area is 113 Å². The molecule has 1 aromatic carbocycles. The molecule has 0 amide bonds. The van der Waals surface area contributed by atoms with Crippen LogP contribution in [0.3, 0.4) is 0 Å². The summed E-state index contributed by atoms with van der Waals surface area (Å²) in [6, 6.07) is 11.8. The number of aliphatic hydroxyl groups excluding tert-OH is 1. The smallest absolute Gasteiger partial charge is 0.119 e. The maximum Gasteiger partial charge on any atom is 0.119 e. The highest BCUT2D eigenvalue weighted by Crippen LogP contribution is 2.14. The highest BCUT2D eigenvalue weighted by molar-refractivity contribution is 5.27. The monoisotopic (exact) mass is 257 g/mol. The molecule has 3 heteroatoms. The summed E-state index contributed by atoms with van der Waals surface area (Å²) in [5.41, 5.74) is 2.29. The number of hydrogen-bond acceptors (Lipinski definition) is 3. The van der Waals surface area contributed by atoms with Gasteiger partial charge in [-0.05, 0) is 42.7 Å². The molecule has 0 radical (unpaired) electrons. The molecule has 0 aliphatic rings. The summed E-state index contributed by atoms with van der Waals surface area (Å²) in [6.07, 6.45) is 4.84. The molecule has 1 atom stereocenters. The number of nitrogens with zero attached hydrogens (tertiary/aromatic N) is 1. The van der Waals surface area contributed by atoms with Gasteiger partial charge >= 0.3 is 0 Å². The van der Waals surface area contributed by atoms with E-state index in [4.69, 9.17) is 4.74 Å². The molecule has 1 heterocycles. The Hall–Kier alpha value is -1.87. The maximum atomic E-state index is 9.31. The first kappa shape index (κ1) is 13.6. The van der Waals surface area contributed by atoms with Gasteiger partial charge in [-0.15, -0.1) is 0 Å². The first-order chi connectivity index (χ1) is 9.24. The predicted octanol–water partition coefficient (Wildman–Crippen LogP) is 2.63. The topological polar surface area (TPSA) is 42.4 Å². The largest absolute Gasteiger partial charge is 0.493 e. The van der Waals surface area contributed by atoms with E-state index in [2.05, 4.69) is 4.98 Å². The lowest BCUT2D eigenvalue weighted by atomic mass is 10.1. The predicted molar refractivity (Wildman–Crippen MR) is 75.3 cm³/mol. The van der Waals surface area contributed by atoms with Crippen LogP contribution in [-0.4, -0.2) is 22.8 Å². The minimum absolute atomic E-state index is 0.308. The quantitative estimate of drug-likeness (QED) is 0.865. The zero-order valence-electron chi connectivity index (χ0n) is 11.1. The standard InChI is InChI=1S/C16H19NO2/c1-13(18)11-14-4-6-16(7-5-14)19-10-8-15-3-2-9-17-12-15/h2-7,9,12-13,18H,8,10-11H2,1H3. The van der Waals surface area contributed by atoms with Gasteiger partial charge in [-0.3, -0.25) is 4.98 Å². The molecule has 0 saturated heterocycles. The number of rotatable bonds is 6. The Morgan fingerprint density at radius 2 is 1.95 bits per heavy atom. The lowest BCUT2D eigenvalue weighted by molar-refractivity contribution is 0.195. The van der Waals surface area contributed by atoms with Crippen molar-refractivity contribution in [1.82, 2.24) is 4.98 Å². The molecule has 0 spiro atoms. The molecule has 19 heavy (non-hydrogen) atoms. The molecule has 3 nitrogen and oxygen atoms in total. The van der Waals surface area contributed by atoms with E-state index in [1.807, 2.05) is 42.6 Å². The number of hydrogen-bond donors (Lipinski definition) is 1. The molecule has 1 aromatic heterocycles. The van der Waals surface area contributed by atoms with E-state index in [0.29, 0.717) is 13.0 Å². The molecule has 100 valence electrons. The van der Waals surface area contributed by atoms with Gasteiger partial charge in [0, 0.05) is 18.8 Å². The van der Waals surface area contributed by atoms with Crippen LogP contribution in [0, 0.1) is 0 Å². The van der Waals surface area contributed by atoms with E-state index in [-0.39, 0.29) is 6.10 Å². The van der Waals surface area contributed by atoms with Crippen LogP contribution in [0.15, 0.2) is 48.8 Å². The van der Waals surface area contributed by atoms with Crippen LogP contribution in [-0.2, 0) is 12.8 Å². The van der Waals surface area contributed by atoms with Crippen LogP contribution in [0.2, 0.25) is 0 Å². The van der Waals surface area contributed by atoms with E-state index in [0.717, 1.165) is 17.7 Å². The fraction of sp³-hybridized carbons (Fsp3) is 0.312. The SMILES string of the molecule is CC(O)Cc1ccc(OCCc2cccnc2)cc1. The van der Waals surface area contributed by atoms with Crippen LogP contribution < -0.4 is 4.74 Å². The fourth-order valence-corrected chi connectivity index (χ4v) is 1.90. The number of aliphatic hydroxyl groups is 1. The Balaban J connectivity index is 1.80. The van der Waals surface area contributed by atoms with Crippen LogP contribution in [0.1, 0.15) is 18.1 Å². The Bertz CT molecular complexity index is 480. The van der Waals surface area contributed by atoms with Crippen molar-refractivity contribution in [2.75, 3.05) is 6.61 Å². The van der Waals surface area contributed by atoms with Crippen molar-refractivity contribution in [3.63, 3.8) is 0 Å². The Morgan fingerprint density at radius 1 is 1.16 bits per heavy atom. The highest BCUT2D eigenvalue weighted by atomic mass is 16.5. The lowest BCUT2D eigenvalue weighted by Crippen LogP contribution is -2.04. The van der Waals surface area contributed by atoms with Gasteiger partial charge < -0.3 is 9.84 Å². The third-order valence-corrected chi connectivity index (χ3v) is 2.84. The zero-order chi connectivity index (χ0) is 13.5. The molecule has 0 aliphatic carbocycles. The van der Waals surface area contributed by atoms with Crippen molar-refractivity contribution >= 4 is 0 Å². The molecule has 2 rings (SSSR count). The normalized spacial score (nSPS) is 12.1. The van der Waals surface area contributed by atoms with Gasteiger partial charge in [0.15, 0.2) is 0 Å². The molecule has 2 aromatic rings. The fourth-order valence-electron chi connectivity index (χ4n) is 1.90. The van der Waals surface area contributed by atoms with Gasteiger partial charge in [-0.1, -0.05) is 18.2 Å². The summed E-state index contributed by atoms with van der Waals surface area (Å²) in [5.74, 6) is 0.859. The summed E-state index contributed by atoms with van der Waals surface area (Å²) in [7, 11) is 0. The number of ether oxygens (including phenoxy) is 1. The van der Waals surface area contributed by atoms with Crippen molar-refractivity contribution in [2.45, 2.75) is 25.9 Å². The van der Waals surface area contributed by atoms with E-state index < -0.39 is 0 Å². The van der Waals surface area contributed by atoms with E-state index in [1.54, 1.807) is 13.1 Å². The van der Waals surface area contributed by atoms with Crippen LogP contribution in [0.5, 0.6) is 5.75 Å². The van der Waals surface area contributed by atoms with Crippen molar-refractivity contribution in [1.29, 1.82) is 0 Å².